The first-order valence-electron chi connectivity index (χ1n) is 12.4. The largest absolute Gasteiger partial charge is 0.462 e. The molecule has 8 nitrogen and oxygen atoms in total. The zero-order valence-electron chi connectivity index (χ0n) is 20.8. The Kier molecular flexibility index (Phi) is 8.08. The number of esters is 1. The molecule has 37 heavy (non-hydrogen) atoms. The quantitative estimate of drug-likeness (QED) is 0.286. The van der Waals surface area contributed by atoms with E-state index in [0.717, 1.165) is 56.7 Å². The lowest BCUT2D eigenvalue weighted by atomic mass is 9.87. The van der Waals surface area contributed by atoms with Crippen molar-refractivity contribution in [2.24, 2.45) is 11.8 Å². The number of ether oxygens (including phenoxy) is 1. The van der Waals surface area contributed by atoms with Crippen molar-refractivity contribution in [2.45, 2.75) is 51.8 Å². The molecule has 0 bridgehead atoms. The minimum Gasteiger partial charge on any atom is -0.462 e. The highest BCUT2D eigenvalue weighted by atomic mass is 32.1. The van der Waals surface area contributed by atoms with Gasteiger partial charge in [-0.15, -0.1) is 11.3 Å². The van der Waals surface area contributed by atoms with E-state index in [4.69, 9.17) is 4.74 Å². The molecule has 1 aliphatic carbocycles. The Bertz CT molecular complexity index is 1220. The van der Waals surface area contributed by atoms with Gasteiger partial charge in [-0.3, -0.25) is 24.6 Å². The number of alkyl halides is 3. The van der Waals surface area contributed by atoms with Gasteiger partial charge in [-0.1, -0.05) is 13.8 Å². The summed E-state index contributed by atoms with van der Waals surface area (Å²) < 4.78 is 45.1. The van der Waals surface area contributed by atoms with Crippen LogP contribution in [0.4, 0.5) is 23.9 Å². The number of rotatable bonds is 6. The minimum atomic E-state index is -4.79. The number of nitro groups is 1. The van der Waals surface area contributed by atoms with Crippen LogP contribution in [0.15, 0.2) is 23.0 Å². The molecule has 0 N–H and O–H groups in total. The summed E-state index contributed by atoms with van der Waals surface area (Å²) in [7, 11) is 0. The maximum absolute atomic E-state index is 13.2. The Labute approximate surface area is 216 Å². The third-order valence-electron chi connectivity index (χ3n) is 7.07. The second kappa shape index (κ2) is 10.9. The highest BCUT2D eigenvalue weighted by Crippen LogP contribution is 2.39. The summed E-state index contributed by atoms with van der Waals surface area (Å²) >= 11 is 0.983. The van der Waals surface area contributed by atoms with Gasteiger partial charge < -0.3 is 9.64 Å². The predicted octanol–water partition coefficient (Wildman–Crippen LogP) is 5.07. The van der Waals surface area contributed by atoms with Crippen LogP contribution in [0.2, 0.25) is 0 Å². The summed E-state index contributed by atoms with van der Waals surface area (Å²) in [6.07, 6.45) is -1.08. The van der Waals surface area contributed by atoms with E-state index < -0.39 is 27.8 Å². The van der Waals surface area contributed by atoms with Crippen molar-refractivity contribution in [3.8, 4) is 0 Å². The first-order chi connectivity index (χ1) is 17.4. The van der Waals surface area contributed by atoms with Gasteiger partial charge in [-0.2, -0.15) is 13.2 Å². The molecule has 4 rings (SSSR count). The average Bonchev–Trinajstić information content (AvgIpc) is 2.84. The lowest BCUT2D eigenvalue weighted by Crippen LogP contribution is -2.48. The second-order valence-corrected chi connectivity index (χ2v) is 11.1. The van der Waals surface area contributed by atoms with Crippen molar-refractivity contribution in [2.75, 3.05) is 37.6 Å². The third kappa shape index (κ3) is 6.40. The van der Waals surface area contributed by atoms with Crippen LogP contribution in [0.5, 0.6) is 0 Å². The molecule has 2 fully saturated rings. The normalized spacial score (nSPS) is 21.4. The standard InChI is InChI=1S/C25H30F3N3O5S/c1-15(2)24(33)36-18-5-3-16(4-6-18)14-29-7-9-30(10-8-29)22-13-21(32)19-11-17(25(26,27)28)12-20(31(34)35)23(19)37-22/h11-13,15-16,18H,3-10,14H2,1-2H3. The molecule has 1 saturated heterocycles. The molecule has 0 amide bonds. The molecule has 1 aromatic heterocycles. The predicted molar refractivity (Wildman–Crippen MR) is 135 cm³/mol. The van der Waals surface area contributed by atoms with Crippen molar-refractivity contribution in [3.05, 3.63) is 44.1 Å². The van der Waals surface area contributed by atoms with Gasteiger partial charge in [0.05, 0.1) is 21.4 Å². The van der Waals surface area contributed by atoms with Crippen molar-refractivity contribution >= 4 is 38.1 Å². The van der Waals surface area contributed by atoms with Crippen LogP contribution >= 0.6 is 11.3 Å². The summed E-state index contributed by atoms with van der Waals surface area (Å²) in [5.41, 5.74) is -2.57. The second-order valence-electron chi connectivity index (χ2n) is 10.1. The lowest BCUT2D eigenvalue weighted by molar-refractivity contribution is -0.383. The molecule has 1 saturated carbocycles. The fraction of sp³-hybridized carbons (Fsp3) is 0.600. The molecule has 0 atom stereocenters. The van der Waals surface area contributed by atoms with Gasteiger partial charge in [0.2, 0.25) is 0 Å². The van der Waals surface area contributed by atoms with E-state index in [1.165, 1.54) is 6.07 Å². The molecule has 2 aliphatic rings. The number of nitro benzene ring substituents is 1. The van der Waals surface area contributed by atoms with E-state index in [1.807, 2.05) is 18.7 Å². The summed E-state index contributed by atoms with van der Waals surface area (Å²) in [5, 5.41) is 11.8. The topological polar surface area (TPSA) is 93.0 Å². The van der Waals surface area contributed by atoms with Gasteiger partial charge in [-0.05, 0) is 37.7 Å². The van der Waals surface area contributed by atoms with Crippen LogP contribution in [0.25, 0.3) is 10.1 Å². The van der Waals surface area contributed by atoms with Crippen LogP contribution in [0.1, 0.15) is 45.1 Å². The van der Waals surface area contributed by atoms with E-state index in [-0.39, 0.29) is 28.1 Å². The summed E-state index contributed by atoms with van der Waals surface area (Å²) in [4.78, 5) is 39.5. The van der Waals surface area contributed by atoms with Crippen molar-refractivity contribution in [1.82, 2.24) is 4.90 Å². The van der Waals surface area contributed by atoms with Gasteiger partial charge in [-0.25, -0.2) is 0 Å². The number of carbonyl (C=O) groups excluding carboxylic acids is 1. The highest BCUT2D eigenvalue weighted by Gasteiger charge is 2.34. The zero-order chi connectivity index (χ0) is 26.9. The van der Waals surface area contributed by atoms with E-state index >= 15 is 0 Å². The Morgan fingerprint density at radius 3 is 2.35 bits per heavy atom. The van der Waals surface area contributed by atoms with Crippen LogP contribution in [0.3, 0.4) is 0 Å². The Balaban J connectivity index is 1.39. The summed E-state index contributed by atoms with van der Waals surface area (Å²) in [6.45, 7) is 7.30. The van der Waals surface area contributed by atoms with Crippen LogP contribution < -0.4 is 10.3 Å². The first kappa shape index (κ1) is 27.3. The highest BCUT2D eigenvalue weighted by molar-refractivity contribution is 7.22. The van der Waals surface area contributed by atoms with E-state index in [2.05, 4.69) is 4.90 Å². The van der Waals surface area contributed by atoms with Gasteiger partial charge >= 0.3 is 12.1 Å². The number of piperazine rings is 1. The molecule has 202 valence electrons. The Hall–Kier alpha value is -2.73. The maximum Gasteiger partial charge on any atom is 0.416 e. The van der Waals surface area contributed by atoms with Crippen LogP contribution in [-0.2, 0) is 15.7 Å². The summed E-state index contributed by atoms with van der Waals surface area (Å²) in [5.74, 6) is 0.239. The molecule has 2 aromatic rings. The lowest BCUT2D eigenvalue weighted by Gasteiger charge is -2.38. The Morgan fingerprint density at radius 1 is 1.14 bits per heavy atom. The number of nitrogens with zero attached hydrogens (tertiary/aromatic N) is 3. The minimum absolute atomic E-state index is 0.00468. The smallest absolute Gasteiger partial charge is 0.416 e. The Morgan fingerprint density at radius 2 is 1.78 bits per heavy atom. The first-order valence-corrected chi connectivity index (χ1v) is 13.2. The SMILES string of the molecule is CC(C)C(=O)OC1CCC(CN2CCN(c3cc(=O)c4cc(C(F)(F)F)cc([N+](=O)[O-])c4s3)CC2)CC1. The number of fused-ring (bicyclic) bond motifs is 1. The third-order valence-corrected chi connectivity index (χ3v) is 8.29. The van der Waals surface area contributed by atoms with Gasteiger partial charge in [0.15, 0.2) is 5.43 Å². The molecule has 1 aliphatic heterocycles. The molecule has 0 radical (unpaired) electrons. The molecule has 0 unspecified atom stereocenters. The molecular formula is C25H30F3N3O5S. The number of halogens is 3. The molecule has 0 spiro atoms. The van der Waals surface area contributed by atoms with Gasteiger partial charge in [0, 0.05) is 50.2 Å². The number of benzene rings is 1. The average molecular weight is 542 g/mol. The number of hydrogen-bond acceptors (Lipinski definition) is 8. The van der Waals surface area contributed by atoms with Gasteiger partial charge in [0.25, 0.3) is 5.69 Å². The number of carbonyl (C=O) groups is 1. The van der Waals surface area contributed by atoms with E-state index in [9.17, 15) is 32.9 Å². The molecule has 1 aromatic carbocycles. The molecule has 2 heterocycles. The molecular weight excluding hydrogens is 511 g/mol. The van der Waals surface area contributed by atoms with Crippen molar-refractivity contribution < 1.29 is 27.6 Å². The van der Waals surface area contributed by atoms with Crippen LogP contribution in [0, 0.1) is 22.0 Å². The fourth-order valence-corrected chi connectivity index (χ4v) is 6.13. The van der Waals surface area contributed by atoms with Crippen LogP contribution in [-0.4, -0.2) is 54.6 Å². The van der Waals surface area contributed by atoms with E-state index in [0.29, 0.717) is 36.1 Å². The molecule has 12 heteroatoms. The maximum atomic E-state index is 13.2. The summed E-state index contributed by atoms with van der Waals surface area (Å²) in [6, 6.07) is 2.48. The van der Waals surface area contributed by atoms with E-state index in [1.54, 1.807) is 0 Å². The number of anilines is 1. The zero-order valence-corrected chi connectivity index (χ0v) is 21.6. The van der Waals surface area contributed by atoms with Gasteiger partial charge in [0.1, 0.15) is 10.8 Å². The monoisotopic (exact) mass is 541 g/mol. The van der Waals surface area contributed by atoms with Crippen molar-refractivity contribution in [1.29, 1.82) is 0 Å². The fourth-order valence-electron chi connectivity index (χ4n) is 4.93. The number of hydrogen-bond donors (Lipinski definition) is 0. The number of non-ortho nitro benzene ring substituents is 1. The van der Waals surface area contributed by atoms with Crippen molar-refractivity contribution in [3.63, 3.8) is 0 Å².